The third kappa shape index (κ3) is 5.21. The van der Waals surface area contributed by atoms with Gasteiger partial charge in [-0.15, -0.1) is 0 Å². The van der Waals surface area contributed by atoms with Crippen molar-refractivity contribution in [2.24, 2.45) is 0 Å². The Morgan fingerprint density at radius 1 is 1.36 bits per heavy atom. The second-order valence-corrected chi connectivity index (χ2v) is 5.42. The van der Waals surface area contributed by atoms with Crippen LogP contribution in [-0.4, -0.2) is 48.2 Å². The number of benzene rings is 1. The molecule has 1 aromatic heterocycles. The summed E-state index contributed by atoms with van der Waals surface area (Å²) in [7, 11) is 3.45. The fourth-order valence-electron chi connectivity index (χ4n) is 2.05. The Kier molecular flexibility index (Phi) is 6.02. The Morgan fingerprint density at radius 2 is 2.12 bits per heavy atom. The van der Waals surface area contributed by atoms with E-state index in [0.717, 1.165) is 12.1 Å². The number of hydrogen-bond donors (Lipinski definition) is 2. The number of carbonyl (C=O) groups is 1. The average molecular weight is 356 g/mol. The number of likely N-dealkylation sites (N-methyl/N-ethyl adjacent to an activating group) is 2. The van der Waals surface area contributed by atoms with Crippen molar-refractivity contribution < 1.29 is 22.7 Å². The van der Waals surface area contributed by atoms with Crippen LogP contribution in [0.4, 0.5) is 13.2 Å². The lowest BCUT2D eigenvalue weighted by molar-refractivity contribution is -0.137. The molecular weight excluding hydrogens is 337 g/mol. The zero-order chi connectivity index (χ0) is 18.4. The molecule has 1 amide bonds. The molecule has 0 saturated carbocycles. The summed E-state index contributed by atoms with van der Waals surface area (Å²) >= 11 is 0. The van der Waals surface area contributed by atoms with Gasteiger partial charge in [-0.05, 0) is 31.3 Å². The molecule has 1 aromatic carbocycles. The van der Waals surface area contributed by atoms with Gasteiger partial charge in [0.2, 0.25) is 0 Å². The van der Waals surface area contributed by atoms with Crippen molar-refractivity contribution in [1.29, 1.82) is 0 Å². The van der Waals surface area contributed by atoms with Gasteiger partial charge in [-0.2, -0.15) is 18.3 Å². The van der Waals surface area contributed by atoms with Gasteiger partial charge < -0.3 is 15.0 Å². The van der Waals surface area contributed by atoms with E-state index in [2.05, 4.69) is 15.5 Å². The van der Waals surface area contributed by atoms with E-state index in [1.165, 1.54) is 23.1 Å². The first-order valence-electron chi connectivity index (χ1n) is 7.55. The van der Waals surface area contributed by atoms with Crippen molar-refractivity contribution in [3.8, 4) is 5.75 Å². The number of hydrogen-bond acceptors (Lipinski definition) is 4. The Morgan fingerprint density at radius 3 is 2.80 bits per heavy atom. The highest BCUT2D eigenvalue weighted by Crippen LogP contribution is 2.31. The van der Waals surface area contributed by atoms with Crippen LogP contribution in [0.2, 0.25) is 0 Å². The molecule has 0 unspecified atom stereocenters. The van der Waals surface area contributed by atoms with Crippen LogP contribution < -0.4 is 10.1 Å². The van der Waals surface area contributed by atoms with Crippen LogP contribution in [0.15, 0.2) is 30.3 Å². The zero-order valence-corrected chi connectivity index (χ0v) is 13.9. The maximum Gasteiger partial charge on any atom is 0.416 e. The van der Waals surface area contributed by atoms with E-state index in [4.69, 9.17) is 4.74 Å². The molecule has 9 heteroatoms. The predicted octanol–water partition coefficient (Wildman–Crippen LogP) is 2.30. The number of rotatable bonds is 7. The zero-order valence-electron chi connectivity index (χ0n) is 13.9. The van der Waals surface area contributed by atoms with Gasteiger partial charge in [0.15, 0.2) is 5.69 Å². The smallest absolute Gasteiger partial charge is 0.416 e. The largest absolute Gasteiger partial charge is 0.487 e. The van der Waals surface area contributed by atoms with Gasteiger partial charge in [0, 0.05) is 20.1 Å². The van der Waals surface area contributed by atoms with Gasteiger partial charge >= 0.3 is 6.18 Å². The minimum Gasteiger partial charge on any atom is -0.487 e. The normalized spacial score (nSPS) is 11.4. The molecule has 2 aromatic rings. The predicted molar refractivity (Wildman–Crippen MR) is 85.3 cm³/mol. The molecule has 1 heterocycles. The van der Waals surface area contributed by atoms with Gasteiger partial charge in [0.1, 0.15) is 12.4 Å². The molecule has 0 fully saturated rings. The van der Waals surface area contributed by atoms with Gasteiger partial charge in [0.05, 0.1) is 11.3 Å². The maximum absolute atomic E-state index is 12.7. The van der Waals surface area contributed by atoms with Crippen LogP contribution in [-0.2, 0) is 12.8 Å². The minimum absolute atomic E-state index is 0.0260. The standard InChI is InChI=1S/C16H19F3N4O2/c1-20-6-7-23(2)15(24)14-9-12(21-22-14)10-25-13-5-3-4-11(8-13)16(17,18)19/h3-5,8-9,20H,6-7,10H2,1-2H3,(H,21,22). The van der Waals surface area contributed by atoms with Gasteiger partial charge in [-0.3, -0.25) is 9.89 Å². The highest BCUT2D eigenvalue weighted by molar-refractivity contribution is 5.92. The van der Waals surface area contributed by atoms with Crippen molar-refractivity contribution in [1.82, 2.24) is 20.4 Å². The minimum atomic E-state index is -4.43. The lowest BCUT2D eigenvalue weighted by atomic mass is 10.2. The third-order valence-electron chi connectivity index (χ3n) is 3.45. The second-order valence-electron chi connectivity index (χ2n) is 5.42. The first-order valence-corrected chi connectivity index (χ1v) is 7.55. The van der Waals surface area contributed by atoms with Crippen LogP contribution in [0.3, 0.4) is 0 Å². The molecule has 0 saturated heterocycles. The molecule has 0 atom stereocenters. The molecule has 0 radical (unpaired) electrons. The number of aromatic nitrogens is 2. The van der Waals surface area contributed by atoms with Crippen molar-refractivity contribution >= 4 is 5.91 Å². The number of amides is 1. The summed E-state index contributed by atoms with van der Waals surface area (Å²) in [5.41, 5.74) is -0.0688. The highest BCUT2D eigenvalue weighted by atomic mass is 19.4. The number of carbonyl (C=O) groups excluding carboxylic acids is 1. The number of alkyl halides is 3. The van der Waals surface area contributed by atoms with Crippen molar-refractivity contribution in [3.05, 3.63) is 47.3 Å². The van der Waals surface area contributed by atoms with E-state index in [9.17, 15) is 18.0 Å². The van der Waals surface area contributed by atoms with E-state index >= 15 is 0 Å². The summed E-state index contributed by atoms with van der Waals surface area (Å²) < 4.78 is 43.3. The van der Waals surface area contributed by atoms with Crippen molar-refractivity contribution in [2.75, 3.05) is 27.2 Å². The number of nitrogens with one attached hydrogen (secondary N) is 2. The maximum atomic E-state index is 12.7. The Bertz CT molecular complexity index is 715. The lowest BCUT2D eigenvalue weighted by Crippen LogP contribution is -2.32. The van der Waals surface area contributed by atoms with E-state index in [1.54, 1.807) is 14.1 Å². The first kappa shape index (κ1) is 18.8. The van der Waals surface area contributed by atoms with Crippen LogP contribution in [0.5, 0.6) is 5.75 Å². The van der Waals surface area contributed by atoms with Gasteiger partial charge in [-0.1, -0.05) is 6.07 Å². The topological polar surface area (TPSA) is 70.2 Å². The lowest BCUT2D eigenvalue weighted by Gasteiger charge is -2.14. The van der Waals surface area contributed by atoms with E-state index < -0.39 is 11.7 Å². The number of ether oxygens (including phenoxy) is 1. The van der Waals surface area contributed by atoms with Crippen LogP contribution in [0, 0.1) is 0 Å². The van der Waals surface area contributed by atoms with E-state index in [0.29, 0.717) is 18.8 Å². The van der Waals surface area contributed by atoms with Crippen molar-refractivity contribution in [3.63, 3.8) is 0 Å². The molecule has 0 aliphatic carbocycles. The third-order valence-corrected chi connectivity index (χ3v) is 3.45. The van der Waals surface area contributed by atoms with E-state index in [1.807, 2.05) is 0 Å². The summed E-state index contributed by atoms with van der Waals surface area (Å²) in [6.45, 7) is 1.15. The van der Waals surface area contributed by atoms with E-state index in [-0.39, 0.29) is 24.0 Å². The Labute approximate surface area is 143 Å². The number of H-pyrrole nitrogens is 1. The Hall–Kier alpha value is -2.55. The molecule has 6 nitrogen and oxygen atoms in total. The number of halogens is 3. The molecular formula is C16H19F3N4O2. The Balaban J connectivity index is 1.97. The van der Waals surface area contributed by atoms with Crippen LogP contribution in [0.25, 0.3) is 0 Å². The molecule has 136 valence electrons. The monoisotopic (exact) mass is 356 g/mol. The molecule has 2 N–H and O–H groups in total. The number of aromatic amines is 1. The molecule has 2 rings (SSSR count). The molecule has 0 aliphatic rings. The van der Waals surface area contributed by atoms with Crippen LogP contribution in [0.1, 0.15) is 21.7 Å². The summed E-state index contributed by atoms with van der Waals surface area (Å²) in [5, 5.41) is 9.51. The molecule has 0 spiro atoms. The summed E-state index contributed by atoms with van der Waals surface area (Å²) in [6.07, 6.45) is -4.43. The highest BCUT2D eigenvalue weighted by Gasteiger charge is 2.30. The number of nitrogens with zero attached hydrogens (tertiary/aromatic N) is 2. The average Bonchev–Trinajstić information content (AvgIpc) is 3.05. The van der Waals surface area contributed by atoms with Crippen molar-refractivity contribution in [2.45, 2.75) is 12.8 Å². The first-order chi connectivity index (χ1) is 11.8. The SMILES string of the molecule is CNCCN(C)C(=O)c1cc(COc2cccc(C(F)(F)F)c2)[nH]n1. The molecule has 25 heavy (non-hydrogen) atoms. The fourth-order valence-corrected chi connectivity index (χ4v) is 2.05. The summed E-state index contributed by atoms with van der Waals surface area (Å²) in [6, 6.07) is 6.13. The van der Waals surface area contributed by atoms with Crippen LogP contribution >= 0.6 is 0 Å². The van der Waals surface area contributed by atoms with Gasteiger partial charge in [-0.25, -0.2) is 0 Å². The van der Waals surface area contributed by atoms with Gasteiger partial charge in [0.25, 0.3) is 5.91 Å². The molecule has 0 aliphatic heterocycles. The summed E-state index contributed by atoms with van der Waals surface area (Å²) in [4.78, 5) is 13.7. The fraction of sp³-hybridized carbons (Fsp3) is 0.375. The summed E-state index contributed by atoms with van der Waals surface area (Å²) in [5.74, 6) is -0.166. The second kappa shape index (κ2) is 8.02. The quantitative estimate of drug-likeness (QED) is 0.799. The molecule has 0 bridgehead atoms.